The highest BCUT2D eigenvalue weighted by atomic mass is 16.7. The lowest BCUT2D eigenvalue weighted by Crippen LogP contribution is -2.54. The van der Waals surface area contributed by atoms with Crippen LogP contribution in [0.5, 0.6) is 0 Å². The molecule has 0 aromatic heterocycles. The van der Waals surface area contributed by atoms with Gasteiger partial charge in [0.25, 0.3) is 0 Å². The first-order valence-electron chi connectivity index (χ1n) is 11.2. The number of hydrogen-bond acceptors (Lipinski definition) is 9. The van der Waals surface area contributed by atoms with Crippen molar-refractivity contribution in [3.63, 3.8) is 0 Å². The minimum Gasteiger partial charge on any atom is -0.455 e. The molecule has 0 saturated carbocycles. The molecule has 0 radical (unpaired) electrons. The molecule has 2 saturated heterocycles. The summed E-state index contributed by atoms with van der Waals surface area (Å²) in [4.78, 5) is 49.5. The Morgan fingerprint density at radius 1 is 1.15 bits per heavy atom. The molecule has 0 amide bonds. The Labute approximate surface area is 193 Å². The zero-order chi connectivity index (χ0) is 24.7. The van der Waals surface area contributed by atoms with Crippen molar-refractivity contribution in [2.75, 3.05) is 0 Å². The van der Waals surface area contributed by atoms with Crippen molar-refractivity contribution in [1.82, 2.24) is 0 Å². The van der Waals surface area contributed by atoms with Crippen LogP contribution < -0.4 is 0 Å². The van der Waals surface area contributed by atoms with Crippen LogP contribution >= 0.6 is 0 Å². The van der Waals surface area contributed by atoms with Gasteiger partial charge < -0.3 is 24.1 Å². The highest BCUT2D eigenvalue weighted by molar-refractivity contribution is 5.96. The van der Waals surface area contributed by atoms with Crippen LogP contribution in [0.15, 0.2) is 23.3 Å². The van der Waals surface area contributed by atoms with Gasteiger partial charge >= 0.3 is 17.9 Å². The first kappa shape index (κ1) is 25.1. The molecule has 1 N–H and O–H groups in total. The van der Waals surface area contributed by atoms with Gasteiger partial charge in [0.2, 0.25) is 5.79 Å². The first-order chi connectivity index (χ1) is 15.3. The van der Waals surface area contributed by atoms with Crippen LogP contribution in [0, 0.1) is 5.92 Å². The number of carbonyl (C=O) groups excluding carboxylic acids is 4. The lowest BCUT2D eigenvalue weighted by Gasteiger charge is -2.40. The molecule has 3 aliphatic rings. The van der Waals surface area contributed by atoms with Gasteiger partial charge in [-0.1, -0.05) is 13.5 Å². The maximum Gasteiger partial charge on any atom is 0.336 e. The SMILES string of the molecule is C=C1C[C@@]2(O)OC(=O)C(C)=C2[C@H](OC(C)=O)[C@@H](OC(C)=O)[C@]2(C)CC[C@@H](O2)[C@@H](C)CCC1=O. The minimum atomic E-state index is -2.29. The summed E-state index contributed by atoms with van der Waals surface area (Å²) < 4.78 is 22.9. The predicted octanol–water partition coefficient (Wildman–Crippen LogP) is 2.29. The van der Waals surface area contributed by atoms with Gasteiger partial charge in [-0.15, -0.1) is 0 Å². The topological polar surface area (TPSA) is 125 Å². The number of aliphatic hydroxyl groups is 1. The molecule has 0 aromatic carbocycles. The van der Waals surface area contributed by atoms with E-state index in [2.05, 4.69) is 6.58 Å². The summed E-state index contributed by atoms with van der Waals surface area (Å²) in [6.45, 7) is 11.3. The fourth-order valence-electron chi connectivity index (χ4n) is 5.00. The Hall–Kier alpha value is -2.52. The van der Waals surface area contributed by atoms with E-state index in [1.165, 1.54) is 20.8 Å². The third-order valence-corrected chi connectivity index (χ3v) is 6.79. The van der Waals surface area contributed by atoms with Gasteiger partial charge in [-0.25, -0.2) is 4.79 Å². The van der Waals surface area contributed by atoms with Crippen LogP contribution in [0.2, 0.25) is 0 Å². The van der Waals surface area contributed by atoms with Crippen LogP contribution in [0.3, 0.4) is 0 Å². The minimum absolute atomic E-state index is 0.00235. The molecule has 3 rings (SSSR count). The van der Waals surface area contributed by atoms with E-state index in [9.17, 15) is 24.3 Å². The van der Waals surface area contributed by atoms with E-state index in [-0.39, 0.29) is 40.9 Å². The molecule has 33 heavy (non-hydrogen) atoms. The summed E-state index contributed by atoms with van der Waals surface area (Å²) in [7, 11) is 0. The van der Waals surface area contributed by atoms with Gasteiger partial charge in [0.15, 0.2) is 18.0 Å². The molecule has 0 spiro atoms. The second kappa shape index (κ2) is 9.02. The Kier molecular flexibility index (Phi) is 6.87. The fourth-order valence-corrected chi connectivity index (χ4v) is 5.00. The Balaban J connectivity index is 2.21. The van der Waals surface area contributed by atoms with E-state index < -0.39 is 47.9 Å². The van der Waals surface area contributed by atoms with Crippen molar-refractivity contribution < 1.29 is 43.2 Å². The smallest absolute Gasteiger partial charge is 0.336 e. The summed E-state index contributed by atoms with van der Waals surface area (Å²) in [6.07, 6.45) is -1.35. The Bertz CT molecular complexity index is 919. The summed E-state index contributed by atoms with van der Waals surface area (Å²) >= 11 is 0. The van der Waals surface area contributed by atoms with Gasteiger partial charge in [0, 0.05) is 32.3 Å². The number of Topliss-reactive ketones (excluding diaryl/α,β-unsaturated/α-hetero) is 1. The van der Waals surface area contributed by atoms with Gasteiger partial charge in [0.05, 0.1) is 11.7 Å². The number of hydrogen-bond donors (Lipinski definition) is 1. The number of rotatable bonds is 2. The van der Waals surface area contributed by atoms with Crippen molar-refractivity contribution in [2.24, 2.45) is 5.92 Å². The summed E-state index contributed by atoms with van der Waals surface area (Å²) in [5, 5.41) is 11.4. The van der Waals surface area contributed by atoms with E-state index in [0.717, 1.165) is 0 Å². The van der Waals surface area contributed by atoms with Gasteiger partial charge in [-0.2, -0.15) is 0 Å². The third-order valence-electron chi connectivity index (χ3n) is 6.79. The second-order valence-corrected chi connectivity index (χ2v) is 9.50. The molecule has 2 bridgehead atoms. The molecule has 3 aliphatic heterocycles. The van der Waals surface area contributed by atoms with E-state index >= 15 is 0 Å². The van der Waals surface area contributed by atoms with E-state index in [4.69, 9.17) is 18.9 Å². The van der Waals surface area contributed by atoms with Gasteiger partial charge in [-0.3, -0.25) is 14.4 Å². The van der Waals surface area contributed by atoms with Crippen molar-refractivity contribution >= 4 is 23.7 Å². The largest absolute Gasteiger partial charge is 0.455 e. The number of esters is 3. The highest BCUT2D eigenvalue weighted by Gasteiger charge is 2.58. The lowest BCUT2D eigenvalue weighted by molar-refractivity contribution is -0.205. The van der Waals surface area contributed by atoms with Crippen LogP contribution in [0.4, 0.5) is 0 Å². The van der Waals surface area contributed by atoms with E-state index in [1.54, 1.807) is 6.92 Å². The zero-order valence-corrected chi connectivity index (χ0v) is 19.8. The molecule has 3 heterocycles. The number of ketones is 1. The van der Waals surface area contributed by atoms with Crippen molar-refractivity contribution in [3.05, 3.63) is 23.3 Å². The zero-order valence-electron chi connectivity index (χ0n) is 19.8. The number of ether oxygens (including phenoxy) is 4. The second-order valence-electron chi connectivity index (χ2n) is 9.50. The van der Waals surface area contributed by atoms with Crippen molar-refractivity contribution in [1.29, 1.82) is 0 Å². The Morgan fingerprint density at radius 2 is 1.79 bits per heavy atom. The van der Waals surface area contributed by atoms with E-state index in [0.29, 0.717) is 19.3 Å². The number of carbonyl (C=O) groups is 4. The molecule has 0 aliphatic carbocycles. The van der Waals surface area contributed by atoms with Gasteiger partial charge in [-0.05, 0) is 44.6 Å². The molecule has 182 valence electrons. The first-order valence-corrected chi connectivity index (χ1v) is 11.2. The monoisotopic (exact) mass is 464 g/mol. The van der Waals surface area contributed by atoms with Crippen LogP contribution in [-0.2, 0) is 38.1 Å². The Morgan fingerprint density at radius 3 is 2.39 bits per heavy atom. The summed E-state index contributed by atoms with van der Waals surface area (Å²) in [5.74, 6) is -4.73. The third kappa shape index (κ3) is 4.89. The summed E-state index contributed by atoms with van der Waals surface area (Å²) in [6, 6.07) is 0. The molecular formula is C24H32O9. The molecule has 0 unspecified atom stereocenters. The maximum atomic E-state index is 12.7. The number of fused-ring (bicyclic) bond motifs is 3. The maximum absolute atomic E-state index is 12.7. The van der Waals surface area contributed by atoms with Crippen LogP contribution in [0.25, 0.3) is 0 Å². The van der Waals surface area contributed by atoms with Crippen molar-refractivity contribution in [3.8, 4) is 0 Å². The van der Waals surface area contributed by atoms with Crippen LogP contribution in [-0.4, -0.2) is 58.5 Å². The molecule has 2 fully saturated rings. The van der Waals surface area contributed by atoms with Gasteiger partial charge in [0.1, 0.15) is 5.60 Å². The van der Waals surface area contributed by atoms with Crippen LogP contribution in [0.1, 0.15) is 66.7 Å². The molecule has 9 heteroatoms. The average Bonchev–Trinajstić information content (AvgIpc) is 3.20. The highest BCUT2D eigenvalue weighted by Crippen LogP contribution is 2.46. The quantitative estimate of drug-likeness (QED) is 0.372. The standard InChI is InChI=1S/C24H32O9/c1-12-7-8-17(27)13(2)11-24(29)19(14(3)22(28)33-24)20(30-15(4)25)21(31-16(5)26)23(6)10-9-18(12)32-23/h12,18,20-21,29H,2,7-11H2,1,3-6H3/t12-,18+,20-,21+,23-,24+/m0/s1. The normalized spacial score (nSPS) is 37.5. The fraction of sp³-hybridized carbons (Fsp3) is 0.667. The molecule has 9 nitrogen and oxygen atoms in total. The average molecular weight is 465 g/mol. The predicted molar refractivity (Wildman–Crippen MR) is 115 cm³/mol. The lowest BCUT2D eigenvalue weighted by atomic mass is 9.81. The van der Waals surface area contributed by atoms with E-state index in [1.807, 2.05) is 6.92 Å². The molecule has 0 aromatic rings. The van der Waals surface area contributed by atoms with Crippen molar-refractivity contribution in [2.45, 2.75) is 96.4 Å². The molecule has 6 atom stereocenters. The molecular weight excluding hydrogens is 432 g/mol. The summed E-state index contributed by atoms with van der Waals surface area (Å²) in [5.41, 5.74) is -1.09.